The highest BCUT2D eigenvalue weighted by Gasteiger charge is 2.34. The lowest BCUT2D eigenvalue weighted by molar-refractivity contribution is -0.131. The van der Waals surface area contributed by atoms with E-state index in [1.54, 1.807) is 13.8 Å². The summed E-state index contributed by atoms with van der Waals surface area (Å²) in [7, 11) is 0. The first-order valence-electron chi connectivity index (χ1n) is 7.63. The second kappa shape index (κ2) is 7.18. The summed E-state index contributed by atoms with van der Waals surface area (Å²) in [6, 6.07) is 9.87. The normalized spacial score (nSPS) is 22.0. The van der Waals surface area contributed by atoms with E-state index in [-0.39, 0.29) is 17.9 Å². The second-order valence-corrected chi connectivity index (χ2v) is 6.44. The molecule has 1 fully saturated rings. The Hall–Kier alpha value is -1.49. The molecule has 122 valence electrons. The fourth-order valence-corrected chi connectivity index (χ4v) is 2.80. The average molecular weight is 311 g/mol. The molecule has 0 unspecified atom stereocenters. The molecule has 0 bridgehead atoms. The van der Waals surface area contributed by atoms with Crippen LogP contribution in [-0.4, -0.2) is 25.5 Å². The molecule has 5 heteroatoms. The molecule has 1 amide bonds. The van der Waals surface area contributed by atoms with Crippen molar-refractivity contribution >= 4 is 5.91 Å². The van der Waals surface area contributed by atoms with E-state index < -0.39 is 18.3 Å². The van der Waals surface area contributed by atoms with Crippen molar-refractivity contribution in [3.05, 3.63) is 35.9 Å². The number of halogens is 2. The van der Waals surface area contributed by atoms with Gasteiger partial charge in [-0.05, 0) is 12.0 Å². The van der Waals surface area contributed by atoms with Crippen LogP contribution in [0.3, 0.4) is 0 Å². The summed E-state index contributed by atoms with van der Waals surface area (Å²) in [6.45, 7) is 4.20. The van der Waals surface area contributed by atoms with E-state index in [1.807, 2.05) is 30.3 Å². The summed E-state index contributed by atoms with van der Waals surface area (Å²) < 4.78 is 30.8. The maximum absolute atomic E-state index is 12.5. The minimum atomic E-state index is -2.48. The van der Waals surface area contributed by atoms with Gasteiger partial charge in [-0.25, -0.2) is 8.78 Å². The maximum Gasteiger partial charge on any atom is 0.239 e. The van der Waals surface area contributed by atoms with Crippen molar-refractivity contribution in [2.75, 3.05) is 13.2 Å². The Bertz CT molecular complexity index is 491. The van der Waals surface area contributed by atoms with Crippen molar-refractivity contribution in [1.29, 1.82) is 0 Å². The molecule has 1 saturated heterocycles. The van der Waals surface area contributed by atoms with E-state index >= 15 is 0 Å². The van der Waals surface area contributed by atoms with Crippen LogP contribution in [0.25, 0.3) is 0 Å². The van der Waals surface area contributed by atoms with Crippen LogP contribution >= 0.6 is 0 Å². The van der Waals surface area contributed by atoms with Crippen molar-refractivity contribution in [3.8, 4) is 0 Å². The van der Waals surface area contributed by atoms with E-state index in [1.165, 1.54) is 0 Å². The van der Waals surface area contributed by atoms with Gasteiger partial charge in [-0.15, -0.1) is 0 Å². The maximum atomic E-state index is 12.5. The molecule has 0 aromatic heterocycles. The minimum absolute atomic E-state index is 0.0419. The highest BCUT2D eigenvalue weighted by Crippen LogP contribution is 2.34. The van der Waals surface area contributed by atoms with Gasteiger partial charge in [0, 0.05) is 30.9 Å². The van der Waals surface area contributed by atoms with E-state index in [9.17, 15) is 13.6 Å². The summed E-state index contributed by atoms with van der Waals surface area (Å²) in [5, 5.41) is 2.82. The van der Waals surface area contributed by atoms with E-state index in [4.69, 9.17) is 4.74 Å². The zero-order chi connectivity index (χ0) is 16.2. The molecule has 1 aromatic rings. The third kappa shape index (κ3) is 4.26. The molecule has 22 heavy (non-hydrogen) atoms. The number of carbonyl (C=O) groups excluding carboxylic acids is 1. The fraction of sp³-hybridized carbons (Fsp3) is 0.588. The van der Waals surface area contributed by atoms with Gasteiger partial charge in [0.05, 0.1) is 6.10 Å². The number of hydrogen-bond acceptors (Lipinski definition) is 2. The van der Waals surface area contributed by atoms with Crippen LogP contribution in [0.15, 0.2) is 30.3 Å². The predicted molar refractivity (Wildman–Crippen MR) is 80.7 cm³/mol. The number of ether oxygens (including phenoxy) is 1. The van der Waals surface area contributed by atoms with Gasteiger partial charge in [-0.3, -0.25) is 4.79 Å². The zero-order valence-corrected chi connectivity index (χ0v) is 13.0. The largest absolute Gasteiger partial charge is 0.373 e. The number of hydrogen-bond donors (Lipinski definition) is 1. The first-order valence-corrected chi connectivity index (χ1v) is 7.63. The molecule has 3 nitrogen and oxygen atoms in total. The first-order chi connectivity index (χ1) is 10.4. The third-order valence-corrected chi connectivity index (χ3v) is 4.15. The molecule has 1 aromatic carbocycles. The molecule has 2 atom stereocenters. The van der Waals surface area contributed by atoms with Crippen LogP contribution in [0, 0.1) is 11.3 Å². The Labute approximate surface area is 130 Å². The SMILES string of the molecule is CC(C)(CC(F)F)C(=O)NC[C@@H]1CCO[C@H]1c1ccccc1. The zero-order valence-electron chi connectivity index (χ0n) is 13.0. The van der Waals surface area contributed by atoms with Crippen molar-refractivity contribution < 1.29 is 18.3 Å². The standard InChI is InChI=1S/C17H23F2NO2/c1-17(2,10-14(18)19)16(21)20-11-13-8-9-22-15(13)12-6-4-3-5-7-12/h3-7,13-15H,8-11H2,1-2H3,(H,20,21)/t13-,15-/m0/s1. The monoisotopic (exact) mass is 311 g/mol. The molecule has 2 rings (SSSR count). The minimum Gasteiger partial charge on any atom is -0.373 e. The Morgan fingerprint density at radius 1 is 1.36 bits per heavy atom. The van der Waals surface area contributed by atoms with Gasteiger partial charge in [-0.1, -0.05) is 44.2 Å². The summed E-state index contributed by atoms with van der Waals surface area (Å²) in [4.78, 5) is 12.1. The van der Waals surface area contributed by atoms with Gasteiger partial charge in [0.2, 0.25) is 12.3 Å². The van der Waals surface area contributed by atoms with Crippen molar-refractivity contribution in [2.45, 2.75) is 39.2 Å². The van der Waals surface area contributed by atoms with Crippen molar-refractivity contribution in [2.24, 2.45) is 11.3 Å². The molecule has 1 aliphatic heterocycles. The highest BCUT2D eigenvalue weighted by atomic mass is 19.3. The van der Waals surface area contributed by atoms with Crippen molar-refractivity contribution in [1.82, 2.24) is 5.32 Å². The first kappa shape index (κ1) is 16.9. The predicted octanol–water partition coefficient (Wildman–Crippen LogP) is 3.56. The fourth-order valence-electron chi connectivity index (χ4n) is 2.80. The van der Waals surface area contributed by atoms with E-state index in [0.717, 1.165) is 12.0 Å². The number of nitrogens with one attached hydrogen (secondary N) is 1. The number of rotatable bonds is 6. The molecule has 1 N–H and O–H groups in total. The number of benzene rings is 1. The van der Waals surface area contributed by atoms with Gasteiger partial charge in [0.25, 0.3) is 0 Å². The topological polar surface area (TPSA) is 38.3 Å². The van der Waals surface area contributed by atoms with Crippen LogP contribution in [0.4, 0.5) is 8.78 Å². The number of amides is 1. The second-order valence-electron chi connectivity index (χ2n) is 6.44. The van der Waals surface area contributed by atoms with Gasteiger partial charge in [0.15, 0.2) is 0 Å². The molecule has 1 heterocycles. The molecule has 0 aliphatic carbocycles. The van der Waals surface area contributed by atoms with Gasteiger partial charge in [0.1, 0.15) is 0 Å². The Morgan fingerprint density at radius 3 is 2.68 bits per heavy atom. The lowest BCUT2D eigenvalue weighted by Gasteiger charge is -2.25. The molecule has 1 aliphatic rings. The molecular weight excluding hydrogens is 288 g/mol. The number of alkyl halides is 2. The van der Waals surface area contributed by atoms with E-state index in [0.29, 0.717) is 13.2 Å². The molecule has 0 saturated carbocycles. The van der Waals surface area contributed by atoms with Crippen LogP contribution in [0.2, 0.25) is 0 Å². The van der Waals surface area contributed by atoms with Gasteiger partial charge < -0.3 is 10.1 Å². The summed E-state index contributed by atoms with van der Waals surface area (Å²) >= 11 is 0. The van der Waals surface area contributed by atoms with Crippen LogP contribution in [0.5, 0.6) is 0 Å². The van der Waals surface area contributed by atoms with Crippen LogP contribution < -0.4 is 5.32 Å². The van der Waals surface area contributed by atoms with E-state index in [2.05, 4.69) is 5.32 Å². The van der Waals surface area contributed by atoms with Gasteiger partial charge in [-0.2, -0.15) is 0 Å². The quantitative estimate of drug-likeness (QED) is 0.872. The van der Waals surface area contributed by atoms with Crippen LogP contribution in [0.1, 0.15) is 38.4 Å². The highest BCUT2D eigenvalue weighted by molar-refractivity contribution is 5.81. The molecule has 0 radical (unpaired) electrons. The third-order valence-electron chi connectivity index (χ3n) is 4.15. The lowest BCUT2D eigenvalue weighted by atomic mass is 9.88. The van der Waals surface area contributed by atoms with Crippen LogP contribution in [-0.2, 0) is 9.53 Å². The Morgan fingerprint density at radius 2 is 2.05 bits per heavy atom. The summed E-state index contributed by atoms with van der Waals surface area (Å²) in [6.07, 6.45) is -2.09. The summed E-state index contributed by atoms with van der Waals surface area (Å²) in [5.41, 5.74) is 0.0293. The van der Waals surface area contributed by atoms with Gasteiger partial charge >= 0.3 is 0 Å². The smallest absolute Gasteiger partial charge is 0.239 e. The number of carbonyl (C=O) groups is 1. The van der Waals surface area contributed by atoms with Crippen molar-refractivity contribution in [3.63, 3.8) is 0 Å². The molecule has 0 spiro atoms. The molecular formula is C17H23F2NO2. The lowest BCUT2D eigenvalue weighted by Crippen LogP contribution is -2.40. The Kier molecular flexibility index (Phi) is 5.51. The average Bonchev–Trinajstić information content (AvgIpc) is 2.92. The Balaban J connectivity index is 1.92. The summed E-state index contributed by atoms with van der Waals surface area (Å²) in [5.74, 6) is -0.153.